The number of halogens is 1. The van der Waals surface area contributed by atoms with Crippen molar-refractivity contribution in [1.82, 2.24) is 14.8 Å². The molecule has 0 aliphatic heterocycles. The fourth-order valence-corrected chi connectivity index (χ4v) is 2.67. The van der Waals surface area contributed by atoms with Gasteiger partial charge in [-0.1, -0.05) is 13.0 Å². The molecule has 0 saturated heterocycles. The highest BCUT2D eigenvalue weighted by Crippen LogP contribution is 2.25. The van der Waals surface area contributed by atoms with Crippen LogP contribution in [0.2, 0.25) is 0 Å². The summed E-state index contributed by atoms with van der Waals surface area (Å²) in [5.41, 5.74) is 9.18. The first-order valence-corrected chi connectivity index (χ1v) is 6.90. The number of aryl methyl sites for hydroxylation is 2. The highest BCUT2D eigenvalue weighted by atomic mass is 79.9. The monoisotopic (exact) mass is 308 g/mol. The molecule has 0 radical (unpaired) electrons. The van der Waals surface area contributed by atoms with Crippen molar-refractivity contribution < 1.29 is 0 Å². The van der Waals surface area contributed by atoms with Crippen molar-refractivity contribution in [2.75, 3.05) is 5.73 Å². The average molecular weight is 309 g/mol. The van der Waals surface area contributed by atoms with Gasteiger partial charge < -0.3 is 5.73 Å². The summed E-state index contributed by atoms with van der Waals surface area (Å²) in [6.07, 6.45) is 3.38. The lowest BCUT2D eigenvalue weighted by Gasteiger charge is -2.07. The summed E-state index contributed by atoms with van der Waals surface area (Å²) in [5.74, 6) is 0.589. The highest BCUT2D eigenvalue weighted by molar-refractivity contribution is 9.10. The van der Waals surface area contributed by atoms with E-state index in [2.05, 4.69) is 39.9 Å². The summed E-state index contributed by atoms with van der Waals surface area (Å²) >= 11 is 3.64. The van der Waals surface area contributed by atoms with Gasteiger partial charge in [-0.05, 0) is 35.3 Å². The van der Waals surface area contributed by atoms with Crippen LogP contribution in [0, 0.1) is 0 Å². The average Bonchev–Trinajstić information content (AvgIpc) is 2.69. The minimum atomic E-state index is 0.589. The molecule has 0 amide bonds. The van der Waals surface area contributed by atoms with E-state index in [1.165, 1.54) is 0 Å². The van der Waals surface area contributed by atoms with Crippen molar-refractivity contribution in [2.24, 2.45) is 0 Å². The van der Waals surface area contributed by atoms with E-state index in [-0.39, 0.29) is 0 Å². The Morgan fingerprint density at radius 2 is 2.17 bits per heavy atom. The Labute approximate surface area is 115 Å². The van der Waals surface area contributed by atoms with E-state index in [1.54, 1.807) is 6.20 Å². The Morgan fingerprint density at radius 3 is 2.78 bits per heavy atom. The van der Waals surface area contributed by atoms with E-state index in [0.29, 0.717) is 5.82 Å². The molecule has 5 heteroatoms. The van der Waals surface area contributed by atoms with Crippen molar-refractivity contribution >= 4 is 21.7 Å². The lowest BCUT2D eigenvalue weighted by Crippen LogP contribution is -2.06. The van der Waals surface area contributed by atoms with E-state index in [9.17, 15) is 0 Å². The van der Waals surface area contributed by atoms with Crippen LogP contribution in [0.1, 0.15) is 30.8 Å². The second-order valence-corrected chi connectivity index (χ2v) is 4.89. The fraction of sp³-hybridized carbons (Fsp3) is 0.385. The maximum Gasteiger partial charge on any atom is 0.126 e. The van der Waals surface area contributed by atoms with Crippen LogP contribution in [-0.2, 0) is 19.4 Å². The van der Waals surface area contributed by atoms with Crippen molar-refractivity contribution in [3.05, 3.63) is 39.8 Å². The van der Waals surface area contributed by atoms with Crippen LogP contribution in [0.4, 0.5) is 5.82 Å². The van der Waals surface area contributed by atoms with Crippen LogP contribution in [0.15, 0.2) is 22.8 Å². The smallest absolute Gasteiger partial charge is 0.126 e. The molecular formula is C13H17BrN4. The van der Waals surface area contributed by atoms with Crippen molar-refractivity contribution in [1.29, 1.82) is 0 Å². The summed E-state index contributed by atoms with van der Waals surface area (Å²) in [6, 6.07) is 3.92. The van der Waals surface area contributed by atoms with Crippen molar-refractivity contribution in [2.45, 2.75) is 33.2 Å². The molecule has 0 aliphatic rings. The molecule has 0 spiro atoms. The zero-order valence-electron chi connectivity index (χ0n) is 10.7. The molecule has 0 saturated carbocycles. The van der Waals surface area contributed by atoms with Crippen LogP contribution in [0.3, 0.4) is 0 Å². The third kappa shape index (κ3) is 2.41. The number of nitrogens with two attached hydrogens (primary N) is 1. The topological polar surface area (TPSA) is 56.7 Å². The van der Waals surface area contributed by atoms with E-state index in [1.807, 2.05) is 16.8 Å². The van der Waals surface area contributed by atoms with Crippen molar-refractivity contribution in [3.63, 3.8) is 0 Å². The molecule has 2 heterocycles. The molecule has 0 atom stereocenters. The van der Waals surface area contributed by atoms with Crippen LogP contribution < -0.4 is 5.73 Å². The molecule has 4 nitrogen and oxygen atoms in total. The SMILES string of the molecule is CCc1nn(CC)c(Cc2cccnc2N)c1Br. The van der Waals surface area contributed by atoms with Gasteiger partial charge in [0.1, 0.15) is 5.82 Å². The van der Waals surface area contributed by atoms with Gasteiger partial charge in [0.25, 0.3) is 0 Å². The predicted molar refractivity (Wildman–Crippen MR) is 76.4 cm³/mol. The third-order valence-electron chi connectivity index (χ3n) is 2.98. The lowest BCUT2D eigenvalue weighted by molar-refractivity contribution is 0.621. The van der Waals surface area contributed by atoms with E-state index in [4.69, 9.17) is 5.73 Å². The fourth-order valence-electron chi connectivity index (χ4n) is 1.97. The van der Waals surface area contributed by atoms with Crippen LogP contribution in [0.25, 0.3) is 0 Å². The maximum absolute atomic E-state index is 5.89. The van der Waals surface area contributed by atoms with Gasteiger partial charge in [-0.15, -0.1) is 0 Å². The molecule has 2 aromatic rings. The lowest BCUT2D eigenvalue weighted by atomic mass is 10.1. The first kappa shape index (κ1) is 13.1. The molecule has 18 heavy (non-hydrogen) atoms. The van der Waals surface area contributed by atoms with Gasteiger partial charge in [0.2, 0.25) is 0 Å². The largest absolute Gasteiger partial charge is 0.383 e. The minimum Gasteiger partial charge on any atom is -0.383 e. The molecule has 0 aromatic carbocycles. The summed E-state index contributed by atoms with van der Waals surface area (Å²) in [4.78, 5) is 4.12. The zero-order chi connectivity index (χ0) is 13.1. The van der Waals surface area contributed by atoms with Gasteiger partial charge in [0.15, 0.2) is 0 Å². The summed E-state index contributed by atoms with van der Waals surface area (Å²) in [7, 11) is 0. The second-order valence-electron chi connectivity index (χ2n) is 4.10. The number of anilines is 1. The van der Waals surface area contributed by atoms with Crippen molar-refractivity contribution in [3.8, 4) is 0 Å². The highest BCUT2D eigenvalue weighted by Gasteiger charge is 2.15. The van der Waals surface area contributed by atoms with Gasteiger partial charge in [-0.3, -0.25) is 4.68 Å². The Balaban J connectivity index is 2.40. The first-order valence-electron chi connectivity index (χ1n) is 6.10. The number of pyridine rings is 1. The first-order chi connectivity index (χ1) is 8.67. The molecule has 0 bridgehead atoms. The van der Waals surface area contributed by atoms with Crippen LogP contribution >= 0.6 is 15.9 Å². The van der Waals surface area contributed by atoms with Gasteiger partial charge >= 0.3 is 0 Å². The predicted octanol–water partition coefficient (Wildman–Crippen LogP) is 2.80. The number of nitrogens with zero attached hydrogens (tertiary/aromatic N) is 3. The number of nitrogen functional groups attached to an aromatic ring is 1. The number of hydrogen-bond donors (Lipinski definition) is 1. The summed E-state index contributed by atoms with van der Waals surface area (Å²) in [6.45, 7) is 5.05. The normalized spacial score (nSPS) is 10.8. The van der Waals surface area contributed by atoms with Gasteiger partial charge in [0, 0.05) is 24.7 Å². The molecule has 0 unspecified atom stereocenters. The van der Waals surface area contributed by atoms with Gasteiger partial charge in [-0.25, -0.2) is 4.98 Å². The maximum atomic E-state index is 5.89. The van der Waals surface area contributed by atoms with Gasteiger partial charge in [0.05, 0.1) is 15.9 Å². The van der Waals surface area contributed by atoms with E-state index >= 15 is 0 Å². The molecule has 2 N–H and O–H groups in total. The van der Waals surface area contributed by atoms with E-state index < -0.39 is 0 Å². The number of hydrogen-bond acceptors (Lipinski definition) is 3. The molecule has 2 aromatic heterocycles. The van der Waals surface area contributed by atoms with Crippen LogP contribution in [0.5, 0.6) is 0 Å². The number of aromatic nitrogens is 3. The molecule has 0 fully saturated rings. The standard InChI is InChI=1S/C13H17BrN4/c1-3-10-12(14)11(18(4-2)17-10)8-9-6-5-7-16-13(9)15/h5-7H,3-4,8H2,1-2H3,(H2,15,16). The second kappa shape index (κ2) is 5.52. The Morgan fingerprint density at radius 1 is 1.39 bits per heavy atom. The minimum absolute atomic E-state index is 0.589. The molecule has 2 rings (SSSR count). The molecular weight excluding hydrogens is 292 g/mol. The Kier molecular flexibility index (Phi) is 4.01. The molecule has 0 aliphatic carbocycles. The zero-order valence-corrected chi connectivity index (χ0v) is 12.2. The third-order valence-corrected chi connectivity index (χ3v) is 3.89. The summed E-state index contributed by atoms with van der Waals surface area (Å²) < 4.78 is 3.12. The quantitative estimate of drug-likeness (QED) is 0.945. The van der Waals surface area contributed by atoms with Gasteiger partial charge in [-0.2, -0.15) is 5.10 Å². The molecule has 96 valence electrons. The summed E-state index contributed by atoms with van der Waals surface area (Å²) in [5, 5.41) is 4.58. The van der Waals surface area contributed by atoms with E-state index in [0.717, 1.165) is 40.8 Å². The number of rotatable bonds is 4. The van der Waals surface area contributed by atoms with Crippen LogP contribution in [-0.4, -0.2) is 14.8 Å². The Hall–Kier alpha value is -1.36. The Bertz CT molecular complexity index is 548.